The average Bonchev–Trinajstić information content (AvgIpc) is 3.13. The molecule has 3 heterocycles. The van der Waals surface area contributed by atoms with Crippen molar-refractivity contribution in [3.63, 3.8) is 0 Å². The van der Waals surface area contributed by atoms with Gasteiger partial charge in [0.05, 0.1) is 6.20 Å². The summed E-state index contributed by atoms with van der Waals surface area (Å²) in [5.74, 6) is 0. The van der Waals surface area contributed by atoms with E-state index in [1.165, 1.54) is 11.1 Å². The molecule has 0 bridgehead atoms. The molecule has 0 aliphatic carbocycles. The summed E-state index contributed by atoms with van der Waals surface area (Å²) in [5.41, 5.74) is 5.49. The third-order valence-electron chi connectivity index (χ3n) is 3.67. The van der Waals surface area contributed by atoms with Crippen LogP contribution in [0.3, 0.4) is 0 Å². The number of hydrogen-bond acceptors (Lipinski definition) is 2. The van der Waals surface area contributed by atoms with Crippen LogP contribution in [0.1, 0.15) is 0 Å². The number of benzene rings is 1. The highest BCUT2D eigenvalue weighted by molar-refractivity contribution is 6.03. The zero-order chi connectivity index (χ0) is 14.2. The molecule has 0 fully saturated rings. The van der Waals surface area contributed by atoms with Gasteiger partial charge in [0.15, 0.2) is 0 Å². The molecular weight excluding hydrogens is 260 g/mol. The number of aromatic amines is 1. The van der Waals surface area contributed by atoms with E-state index < -0.39 is 0 Å². The van der Waals surface area contributed by atoms with Crippen LogP contribution in [0.25, 0.3) is 33.3 Å². The van der Waals surface area contributed by atoms with Gasteiger partial charge in [0.1, 0.15) is 5.65 Å². The van der Waals surface area contributed by atoms with Gasteiger partial charge >= 0.3 is 0 Å². The summed E-state index contributed by atoms with van der Waals surface area (Å²) in [5, 5.41) is 5.40. The second-order valence-corrected chi connectivity index (χ2v) is 5.05. The minimum Gasteiger partial charge on any atom is -0.345 e. The van der Waals surface area contributed by atoms with Gasteiger partial charge in [-0.2, -0.15) is 5.10 Å². The van der Waals surface area contributed by atoms with Gasteiger partial charge in [-0.1, -0.05) is 30.3 Å². The van der Waals surface area contributed by atoms with Crippen LogP contribution >= 0.6 is 0 Å². The van der Waals surface area contributed by atoms with E-state index in [4.69, 9.17) is 0 Å². The number of fused-ring (bicyclic) bond motifs is 1. The number of rotatable bonds is 2. The van der Waals surface area contributed by atoms with E-state index in [1.54, 1.807) is 0 Å². The first-order valence-corrected chi connectivity index (χ1v) is 6.83. The van der Waals surface area contributed by atoms with Crippen LogP contribution in [-0.2, 0) is 7.05 Å². The molecule has 4 heteroatoms. The molecule has 0 saturated carbocycles. The number of nitrogens with one attached hydrogen (secondary N) is 1. The number of aryl methyl sites for hydroxylation is 1. The van der Waals surface area contributed by atoms with E-state index in [-0.39, 0.29) is 0 Å². The van der Waals surface area contributed by atoms with Crippen molar-refractivity contribution in [3.05, 3.63) is 61.2 Å². The van der Waals surface area contributed by atoms with Crippen LogP contribution in [0.4, 0.5) is 0 Å². The predicted octanol–water partition coefficient (Wildman–Crippen LogP) is 3.63. The van der Waals surface area contributed by atoms with Crippen molar-refractivity contribution in [1.82, 2.24) is 19.7 Å². The highest BCUT2D eigenvalue weighted by Gasteiger charge is 2.13. The molecule has 0 spiro atoms. The Balaban J connectivity index is 2.02. The van der Waals surface area contributed by atoms with Gasteiger partial charge in [0, 0.05) is 42.2 Å². The van der Waals surface area contributed by atoms with E-state index in [1.807, 2.05) is 42.6 Å². The fraction of sp³-hybridized carbons (Fsp3) is 0.0588. The van der Waals surface area contributed by atoms with Gasteiger partial charge < -0.3 is 4.98 Å². The average molecular weight is 274 g/mol. The Morgan fingerprint density at radius 3 is 2.62 bits per heavy atom. The minimum atomic E-state index is 0.898. The van der Waals surface area contributed by atoms with E-state index in [0.29, 0.717) is 0 Å². The number of pyridine rings is 1. The first kappa shape index (κ1) is 11.9. The van der Waals surface area contributed by atoms with Crippen LogP contribution in [0.15, 0.2) is 61.2 Å². The largest absolute Gasteiger partial charge is 0.345 e. The fourth-order valence-electron chi connectivity index (χ4n) is 2.70. The second-order valence-electron chi connectivity index (χ2n) is 5.05. The molecule has 1 aromatic carbocycles. The Kier molecular flexibility index (Phi) is 2.60. The van der Waals surface area contributed by atoms with Gasteiger partial charge in [-0.25, -0.2) is 4.98 Å². The summed E-state index contributed by atoms with van der Waals surface area (Å²) in [7, 11) is 1.93. The lowest BCUT2D eigenvalue weighted by atomic mass is 9.99. The van der Waals surface area contributed by atoms with E-state index >= 15 is 0 Å². The molecule has 0 saturated heterocycles. The van der Waals surface area contributed by atoms with Crippen molar-refractivity contribution >= 4 is 11.0 Å². The highest BCUT2D eigenvalue weighted by atomic mass is 15.2. The van der Waals surface area contributed by atoms with Gasteiger partial charge in [0.25, 0.3) is 0 Å². The van der Waals surface area contributed by atoms with Crippen molar-refractivity contribution in [2.24, 2.45) is 7.05 Å². The van der Waals surface area contributed by atoms with E-state index in [0.717, 1.165) is 22.2 Å². The molecular formula is C17H14N4. The summed E-state index contributed by atoms with van der Waals surface area (Å²) in [6.45, 7) is 0. The van der Waals surface area contributed by atoms with Crippen molar-refractivity contribution in [1.29, 1.82) is 0 Å². The molecule has 3 aromatic heterocycles. The zero-order valence-electron chi connectivity index (χ0n) is 11.6. The molecule has 4 nitrogen and oxygen atoms in total. The molecule has 0 aliphatic rings. The molecule has 4 rings (SSSR count). The second kappa shape index (κ2) is 4.59. The van der Waals surface area contributed by atoms with Crippen LogP contribution in [0, 0.1) is 0 Å². The highest BCUT2D eigenvalue weighted by Crippen LogP contribution is 2.35. The summed E-state index contributed by atoms with van der Waals surface area (Å²) < 4.78 is 1.81. The Morgan fingerprint density at radius 2 is 1.86 bits per heavy atom. The maximum absolute atomic E-state index is 4.44. The molecule has 1 N–H and O–H groups in total. The fourth-order valence-corrected chi connectivity index (χ4v) is 2.70. The van der Waals surface area contributed by atoms with Gasteiger partial charge in [-0.3, -0.25) is 4.68 Å². The van der Waals surface area contributed by atoms with E-state index in [9.17, 15) is 0 Å². The molecule has 21 heavy (non-hydrogen) atoms. The molecule has 0 aliphatic heterocycles. The molecule has 4 aromatic rings. The molecule has 0 unspecified atom stereocenters. The molecule has 0 radical (unpaired) electrons. The Bertz CT molecular complexity index is 903. The molecule has 0 atom stereocenters. The smallest absolute Gasteiger partial charge is 0.138 e. The zero-order valence-corrected chi connectivity index (χ0v) is 11.6. The van der Waals surface area contributed by atoms with Gasteiger partial charge in [-0.05, 0) is 17.2 Å². The number of nitrogens with zero attached hydrogens (tertiary/aromatic N) is 3. The maximum Gasteiger partial charge on any atom is 0.138 e. The lowest BCUT2D eigenvalue weighted by Crippen LogP contribution is -1.84. The summed E-state index contributed by atoms with van der Waals surface area (Å²) in [6.07, 6.45) is 7.74. The lowest BCUT2D eigenvalue weighted by Gasteiger charge is -2.05. The monoisotopic (exact) mass is 274 g/mol. The Morgan fingerprint density at radius 1 is 1.00 bits per heavy atom. The predicted molar refractivity (Wildman–Crippen MR) is 83.7 cm³/mol. The Labute approximate surface area is 122 Å². The van der Waals surface area contributed by atoms with Crippen molar-refractivity contribution in [2.75, 3.05) is 0 Å². The van der Waals surface area contributed by atoms with Gasteiger partial charge in [0.2, 0.25) is 0 Å². The number of H-pyrrole nitrogens is 1. The quantitative estimate of drug-likeness (QED) is 0.606. The summed E-state index contributed by atoms with van der Waals surface area (Å²) in [6, 6.07) is 12.4. The standard InChI is InChI=1S/C17H14N4/c1-21-11-13(9-20-21)15-10-19-17-16(15)14(7-8-18-17)12-5-3-2-4-6-12/h2-11H,1H3,(H,18,19). The van der Waals surface area contributed by atoms with E-state index in [2.05, 4.69) is 45.4 Å². The van der Waals surface area contributed by atoms with Crippen LogP contribution < -0.4 is 0 Å². The van der Waals surface area contributed by atoms with Crippen molar-refractivity contribution < 1.29 is 0 Å². The molecule has 102 valence electrons. The SMILES string of the molecule is Cn1cc(-c2c[nH]c3nccc(-c4ccccc4)c23)cn1. The first-order valence-electron chi connectivity index (χ1n) is 6.83. The Hall–Kier alpha value is -2.88. The van der Waals surface area contributed by atoms with Crippen LogP contribution in [0.5, 0.6) is 0 Å². The van der Waals surface area contributed by atoms with Crippen LogP contribution in [-0.4, -0.2) is 19.7 Å². The number of hydrogen-bond donors (Lipinski definition) is 1. The van der Waals surface area contributed by atoms with Crippen molar-refractivity contribution in [2.45, 2.75) is 0 Å². The van der Waals surface area contributed by atoms with Gasteiger partial charge in [-0.15, -0.1) is 0 Å². The lowest BCUT2D eigenvalue weighted by molar-refractivity contribution is 0.768. The molecule has 0 amide bonds. The summed E-state index contributed by atoms with van der Waals surface area (Å²) in [4.78, 5) is 7.70. The van der Waals surface area contributed by atoms with Crippen LogP contribution in [0.2, 0.25) is 0 Å². The third-order valence-corrected chi connectivity index (χ3v) is 3.67. The van der Waals surface area contributed by atoms with Crippen molar-refractivity contribution in [3.8, 4) is 22.3 Å². The normalized spacial score (nSPS) is 11.1. The topological polar surface area (TPSA) is 46.5 Å². The summed E-state index contributed by atoms with van der Waals surface area (Å²) >= 11 is 0. The first-order chi connectivity index (χ1) is 10.3. The number of aromatic nitrogens is 4. The minimum absolute atomic E-state index is 0.898. The maximum atomic E-state index is 4.44. The third kappa shape index (κ3) is 1.92.